The lowest BCUT2D eigenvalue weighted by Crippen LogP contribution is -2.13. The molecule has 0 saturated heterocycles. The summed E-state index contributed by atoms with van der Waals surface area (Å²) in [5.41, 5.74) is 3.95. The fourth-order valence-corrected chi connectivity index (χ4v) is 3.64. The monoisotopic (exact) mass is 385 g/mol. The molecule has 1 amide bonds. The Labute approximate surface area is 160 Å². The molecule has 3 rings (SSSR count). The largest absolute Gasteiger partial charge is 0.478 e. The molecule has 6 heteroatoms. The van der Waals surface area contributed by atoms with E-state index in [1.807, 2.05) is 19.9 Å². The fourth-order valence-electron chi connectivity index (χ4n) is 2.56. The molecule has 0 spiro atoms. The van der Waals surface area contributed by atoms with Crippen LogP contribution in [0.15, 0.2) is 47.8 Å². The highest BCUT2D eigenvalue weighted by Crippen LogP contribution is 2.36. The van der Waals surface area contributed by atoms with E-state index in [1.54, 1.807) is 41.8 Å². The van der Waals surface area contributed by atoms with E-state index in [0.29, 0.717) is 21.2 Å². The molecule has 0 aliphatic carbocycles. The normalized spacial score (nSPS) is 10.6. The SMILES string of the molecule is Cc1ccc(C(=O)Nc2scc(-c3ccc(Cl)cc3)c2C(=O)O)cc1C. The van der Waals surface area contributed by atoms with Crippen LogP contribution in [0, 0.1) is 13.8 Å². The molecule has 0 aliphatic rings. The third kappa shape index (κ3) is 3.64. The van der Waals surface area contributed by atoms with Crippen LogP contribution in [-0.2, 0) is 0 Å². The second kappa shape index (κ2) is 7.32. The molecule has 0 radical (unpaired) electrons. The smallest absolute Gasteiger partial charge is 0.339 e. The summed E-state index contributed by atoms with van der Waals surface area (Å²) in [7, 11) is 0. The van der Waals surface area contributed by atoms with Crippen molar-refractivity contribution in [1.82, 2.24) is 0 Å². The van der Waals surface area contributed by atoms with Gasteiger partial charge in [0.15, 0.2) is 0 Å². The van der Waals surface area contributed by atoms with Gasteiger partial charge in [-0.1, -0.05) is 29.8 Å². The van der Waals surface area contributed by atoms with Gasteiger partial charge in [-0.2, -0.15) is 0 Å². The highest BCUT2D eigenvalue weighted by molar-refractivity contribution is 7.15. The topological polar surface area (TPSA) is 66.4 Å². The van der Waals surface area contributed by atoms with Crippen LogP contribution in [0.3, 0.4) is 0 Å². The number of amides is 1. The number of carboxylic acids is 1. The molecule has 1 heterocycles. The Balaban J connectivity index is 1.95. The predicted molar refractivity (Wildman–Crippen MR) is 106 cm³/mol. The van der Waals surface area contributed by atoms with Gasteiger partial charge in [-0.3, -0.25) is 4.79 Å². The van der Waals surface area contributed by atoms with Gasteiger partial charge in [-0.15, -0.1) is 11.3 Å². The summed E-state index contributed by atoms with van der Waals surface area (Å²) in [6.07, 6.45) is 0. The Morgan fingerprint density at radius 2 is 1.73 bits per heavy atom. The van der Waals surface area contributed by atoms with Gasteiger partial charge >= 0.3 is 5.97 Å². The maximum Gasteiger partial charge on any atom is 0.339 e. The van der Waals surface area contributed by atoms with Crippen LogP contribution < -0.4 is 5.32 Å². The number of carboxylic acid groups (broad SMARTS) is 1. The predicted octanol–water partition coefficient (Wildman–Crippen LogP) is 5.64. The van der Waals surface area contributed by atoms with Gasteiger partial charge < -0.3 is 10.4 Å². The number of halogens is 1. The molecular weight excluding hydrogens is 370 g/mol. The maximum atomic E-state index is 12.5. The number of benzene rings is 2. The summed E-state index contributed by atoms with van der Waals surface area (Å²) >= 11 is 7.08. The molecule has 0 fully saturated rings. The molecule has 2 aromatic carbocycles. The molecule has 4 nitrogen and oxygen atoms in total. The molecule has 26 heavy (non-hydrogen) atoms. The summed E-state index contributed by atoms with van der Waals surface area (Å²) in [4.78, 5) is 24.3. The number of aryl methyl sites for hydroxylation is 2. The van der Waals surface area contributed by atoms with Crippen molar-refractivity contribution in [2.24, 2.45) is 0 Å². The van der Waals surface area contributed by atoms with Gasteiger partial charge in [-0.05, 0) is 54.8 Å². The van der Waals surface area contributed by atoms with E-state index >= 15 is 0 Å². The number of hydrogen-bond donors (Lipinski definition) is 2. The molecule has 1 aromatic heterocycles. The van der Waals surface area contributed by atoms with Crippen molar-refractivity contribution in [3.63, 3.8) is 0 Å². The van der Waals surface area contributed by atoms with E-state index in [9.17, 15) is 14.7 Å². The van der Waals surface area contributed by atoms with E-state index in [2.05, 4.69) is 5.32 Å². The summed E-state index contributed by atoms with van der Waals surface area (Å²) in [6, 6.07) is 12.3. The average Bonchev–Trinajstić information content (AvgIpc) is 3.01. The average molecular weight is 386 g/mol. The van der Waals surface area contributed by atoms with E-state index in [1.165, 1.54) is 11.3 Å². The zero-order valence-corrected chi connectivity index (χ0v) is 15.7. The number of thiophene rings is 1. The van der Waals surface area contributed by atoms with Gasteiger partial charge in [0.05, 0.1) is 0 Å². The van der Waals surface area contributed by atoms with Crippen LogP contribution in [0.1, 0.15) is 31.8 Å². The summed E-state index contributed by atoms with van der Waals surface area (Å²) < 4.78 is 0. The zero-order chi connectivity index (χ0) is 18.8. The molecule has 2 N–H and O–H groups in total. The van der Waals surface area contributed by atoms with Crippen molar-refractivity contribution in [3.8, 4) is 11.1 Å². The van der Waals surface area contributed by atoms with Crippen molar-refractivity contribution in [2.45, 2.75) is 13.8 Å². The molecule has 0 bridgehead atoms. The van der Waals surface area contributed by atoms with Crippen LogP contribution in [0.2, 0.25) is 5.02 Å². The number of nitrogens with one attached hydrogen (secondary N) is 1. The van der Waals surface area contributed by atoms with E-state index in [0.717, 1.165) is 16.7 Å². The van der Waals surface area contributed by atoms with Gasteiger partial charge in [0.1, 0.15) is 10.6 Å². The zero-order valence-electron chi connectivity index (χ0n) is 14.2. The molecule has 3 aromatic rings. The first-order valence-electron chi connectivity index (χ1n) is 7.86. The van der Waals surface area contributed by atoms with Gasteiger partial charge in [0, 0.05) is 21.5 Å². The third-order valence-electron chi connectivity index (χ3n) is 4.16. The van der Waals surface area contributed by atoms with E-state index < -0.39 is 5.97 Å². The summed E-state index contributed by atoms with van der Waals surface area (Å²) in [6.45, 7) is 3.90. The highest BCUT2D eigenvalue weighted by Gasteiger charge is 2.21. The summed E-state index contributed by atoms with van der Waals surface area (Å²) in [5, 5.41) is 15.0. The number of carbonyl (C=O) groups is 2. The van der Waals surface area contributed by atoms with Crippen LogP contribution in [-0.4, -0.2) is 17.0 Å². The molecule has 0 aliphatic heterocycles. The Bertz CT molecular complexity index is 993. The minimum Gasteiger partial charge on any atom is -0.478 e. The molecule has 132 valence electrons. The Morgan fingerprint density at radius 3 is 2.35 bits per heavy atom. The van der Waals surface area contributed by atoms with Crippen molar-refractivity contribution in [3.05, 3.63) is 75.1 Å². The first kappa shape index (κ1) is 18.2. The van der Waals surface area contributed by atoms with Crippen molar-refractivity contribution in [2.75, 3.05) is 5.32 Å². The fraction of sp³-hybridized carbons (Fsp3) is 0.100. The maximum absolute atomic E-state index is 12.5. The lowest BCUT2D eigenvalue weighted by atomic mass is 10.0. The number of carbonyl (C=O) groups excluding carboxylic acids is 1. The van der Waals surface area contributed by atoms with Crippen LogP contribution in [0.4, 0.5) is 5.00 Å². The summed E-state index contributed by atoms with van der Waals surface area (Å²) in [5.74, 6) is -1.42. The van der Waals surface area contributed by atoms with Crippen molar-refractivity contribution >= 4 is 39.8 Å². The second-order valence-corrected chi connectivity index (χ2v) is 7.23. The van der Waals surface area contributed by atoms with Crippen LogP contribution in [0.5, 0.6) is 0 Å². The first-order chi connectivity index (χ1) is 12.4. The third-order valence-corrected chi connectivity index (χ3v) is 5.30. The molecule has 0 unspecified atom stereocenters. The number of hydrogen-bond acceptors (Lipinski definition) is 3. The van der Waals surface area contributed by atoms with Crippen LogP contribution in [0.25, 0.3) is 11.1 Å². The van der Waals surface area contributed by atoms with Gasteiger partial charge in [-0.25, -0.2) is 4.79 Å². The standard InChI is InChI=1S/C20H16ClNO3S/c1-11-3-4-14(9-12(11)2)18(23)22-19-17(20(24)25)16(10-26-19)13-5-7-15(21)8-6-13/h3-10H,1-2H3,(H,22,23)(H,24,25). The number of rotatable bonds is 4. The Hall–Kier alpha value is -2.63. The lowest BCUT2D eigenvalue weighted by Gasteiger charge is -2.08. The van der Waals surface area contributed by atoms with E-state index in [-0.39, 0.29) is 11.5 Å². The minimum atomic E-state index is -1.09. The quantitative estimate of drug-likeness (QED) is 0.611. The van der Waals surface area contributed by atoms with E-state index in [4.69, 9.17) is 11.6 Å². The van der Waals surface area contributed by atoms with Crippen molar-refractivity contribution in [1.29, 1.82) is 0 Å². The molecular formula is C20H16ClNO3S. The molecule has 0 atom stereocenters. The minimum absolute atomic E-state index is 0.0782. The second-order valence-electron chi connectivity index (χ2n) is 5.92. The lowest BCUT2D eigenvalue weighted by molar-refractivity contribution is 0.0699. The number of anilines is 1. The van der Waals surface area contributed by atoms with Crippen molar-refractivity contribution < 1.29 is 14.7 Å². The molecule has 0 saturated carbocycles. The van der Waals surface area contributed by atoms with Gasteiger partial charge in [0.2, 0.25) is 0 Å². The first-order valence-corrected chi connectivity index (χ1v) is 9.12. The Kier molecular flexibility index (Phi) is 5.11. The van der Waals surface area contributed by atoms with Crippen LogP contribution >= 0.6 is 22.9 Å². The Morgan fingerprint density at radius 1 is 1.04 bits per heavy atom. The highest BCUT2D eigenvalue weighted by atomic mass is 35.5. The number of aromatic carboxylic acids is 1. The van der Waals surface area contributed by atoms with Gasteiger partial charge in [0.25, 0.3) is 5.91 Å².